The lowest BCUT2D eigenvalue weighted by atomic mass is 10.0. The first-order valence-electron chi connectivity index (χ1n) is 11.5. The summed E-state index contributed by atoms with van der Waals surface area (Å²) < 4.78 is 0. The SMILES string of the molecule is Cc1cc(Cl)ccc1CNC(=O)C1CCCN1C(=O)C(C(C)C)N1Cc2ccccc2C1=O. The molecule has 0 spiro atoms. The van der Waals surface area contributed by atoms with Crippen LogP contribution in [-0.2, 0) is 22.7 Å². The second-order valence-electron chi connectivity index (χ2n) is 9.26. The molecule has 2 heterocycles. The molecule has 2 aliphatic heterocycles. The number of benzene rings is 2. The fraction of sp³-hybridized carbons (Fsp3) is 0.423. The van der Waals surface area contributed by atoms with Crippen molar-refractivity contribution in [2.75, 3.05) is 6.54 Å². The maximum atomic E-state index is 13.7. The minimum atomic E-state index is -0.600. The number of nitrogens with one attached hydrogen (secondary N) is 1. The first-order chi connectivity index (χ1) is 15.8. The van der Waals surface area contributed by atoms with Crippen molar-refractivity contribution in [3.63, 3.8) is 0 Å². The molecule has 1 N–H and O–H groups in total. The van der Waals surface area contributed by atoms with E-state index in [4.69, 9.17) is 11.6 Å². The smallest absolute Gasteiger partial charge is 0.255 e. The largest absolute Gasteiger partial charge is 0.350 e. The molecule has 6 nitrogen and oxygen atoms in total. The van der Waals surface area contributed by atoms with Crippen LogP contribution in [0.25, 0.3) is 0 Å². The molecule has 2 aliphatic rings. The Hall–Kier alpha value is -2.86. The molecule has 1 fully saturated rings. The third kappa shape index (κ3) is 4.62. The van der Waals surface area contributed by atoms with Gasteiger partial charge in [-0.3, -0.25) is 14.4 Å². The Morgan fingerprint density at radius 3 is 2.64 bits per heavy atom. The van der Waals surface area contributed by atoms with Crippen LogP contribution in [0.2, 0.25) is 5.02 Å². The lowest BCUT2D eigenvalue weighted by Crippen LogP contribution is -2.55. The van der Waals surface area contributed by atoms with Crippen LogP contribution in [0.3, 0.4) is 0 Å². The minimum Gasteiger partial charge on any atom is -0.350 e. The Balaban J connectivity index is 1.47. The Bertz CT molecular complexity index is 1080. The summed E-state index contributed by atoms with van der Waals surface area (Å²) in [4.78, 5) is 43.1. The molecule has 0 aromatic heterocycles. The highest BCUT2D eigenvalue weighted by Crippen LogP contribution is 2.30. The van der Waals surface area contributed by atoms with Crippen LogP contribution >= 0.6 is 11.6 Å². The number of halogens is 1. The Kier molecular flexibility index (Phi) is 6.75. The standard InChI is InChI=1S/C26H30ClN3O3/c1-16(2)23(30-15-19-7-4-5-8-21(19)25(30)32)26(33)29-12-6-9-22(29)24(31)28-14-18-10-11-20(27)13-17(18)3/h4-5,7-8,10-11,13,16,22-23H,6,9,12,14-15H2,1-3H3,(H,28,31). The molecule has 7 heteroatoms. The molecule has 0 bridgehead atoms. The summed E-state index contributed by atoms with van der Waals surface area (Å²) in [7, 11) is 0. The summed E-state index contributed by atoms with van der Waals surface area (Å²) in [5.74, 6) is -0.493. The molecule has 0 radical (unpaired) electrons. The van der Waals surface area contributed by atoms with Gasteiger partial charge in [0, 0.05) is 30.2 Å². The molecule has 2 aromatic rings. The van der Waals surface area contributed by atoms with Gasteiger partial charge in [0.2, 0.25) is 11.8 Å². The number of carbonyl (C=O) groups is 3. The van der Waals surface area contributed by atoms with Crippen LogP contribution in [-0.4, -0.2) is 46.1 Å². The average Bonchev–Trinajstić information content (AvgIpc) is 3.39. The van der Waals surface area contributed by atoms with Gasteiger partial charge in [0.1, 0.15) is 12.1 Å². The van der Waals surface area contributed by atoms with E-state index in [1.165, 1.54) is 0 Å². The number of nitrogens with zero attached hydrogens (tertiary/aromatic N) is 2. The van der Waals surface area contributed by atoms with Gasteiger partial charge in [0.05, 0.1) is 0 Å². The van der Waals surface area contributed by atoms with Crippen LogP contribution in [0.1, 0.15) is 53.7 Å². The maximum Gasteiger partial charge on any atom is 0.255 e. The third-order valence-electron chi connectivity index (χ3n) is 6.67. The third-order valence-corrected chi connectivity index (χ3v) is 6.90. The molecule has 174 valence electrons. The zero-order valence-electron chi connectivity index (χ0n) is 19.3. The van der Waals surface area contributed by atoms with Gasteiger partial charge in [0.25, 0.3) is 5.91 Å². The summed E-state index contributed by atoms with van der Waals surface area (Å²) in [6.45, 7) is 7.19. The second-order valence-corrected chi connectivity index (χ2v) is 9.69. The quantitative estimate of drug-likeness (QED) is 0.699. The molecule has 2 unspecified atom stereocenters. The lowest BCUT2D eigenvalue weighted by Gasteiger charge is -2.35. The molecule has 2 aromatic carbocycles. The van der Waals surface area contributed by atoms with Crippen molar-refractivity contribution >= 4 is 29.3 Å². The Morgan fingerprint density at radius 2 is 1.94 bits per heavy atom. The normalized spacial score (nSPS) is 18.6. The van der Waals surface area contributed by atoms with Crippen molar-refractivity contribution in [2.24, 2.45) is 5.92 Å². The zero-order chi connectivity index (χ0) is 23.7. The van der Waals surface area contributed by atoms with Gasteiger partial charge in [-0.15, -0.1) is 0 Å². The molecule has 1 saturated heterocycles. The molecule has 3 amide bonds. The number of hydrogen-bond donors (Lipinski definition) is 1. The van der Waals surface area contributed by atoms with Gasteiger partial charge in [-0.05, 0) is 60.6 Å². The summed E-state index contributed by atoms with van der Waals surface area (Å²) >= 11 is 6.03. The number of amides is 3. The molecule has 0 saturated carbocycles. The minimum absolute atomic E-state index is 0.0724. The van der Waals surface area contributed by atoms with E-state index in [2.05, 4.69) is 5.32 Å². The highest BCUT2D eigenvalue weighted by molar-refractivity contribution is 6.30. The van der Waals surface area contributed by atoms with E-state index < -0.39 is 12.1 Å². The number of hydrogen-bond acceptors (Lipinski definition) is 3. The molecule has 33 heavy (non-hydrogen) atoms. The summed E-state index contributed by atoms with van der Waals surface area (Å²) in [5.41, 5.74) is 3.60. The van der Waals surface area contributed by atoms with Crippen molar-refractivity contribution in [2.45, 2.75) is 58.8 Å². The Labute approximate surface area is 199 Å². The van der Waals surface area contributed by atoms with Crippen LogP contribution in [0.4, 0.5) is 0 Å². The lowest BCUT2D eigenvalue weighted by molar-refractivity contribution is -0.143. The van der Waals surface area contributed by atoms with E-state index >= 15 is 0 Å². The van der Waals surface area contributed by atoms with Crippen molar-refractivity contribution in [1.29, 1.82) is 0 Å². The van der Waals surface area contributed by atoms with E-state index in [-0.39, 0.29) is 23.6 Å². The van der Waals surface area contributed by atoms with Crippen molar-refractivity contribution in [1.82, 2.24) is 15.1 Å². The number of aryl methyl sites for hydroxylation is 1. The number of likely N-dealkylation sites (tertiary alicyclic amines) is 1. The topological polar surface area (TPSA) is 69.7 Å². The maximum absolute atomic E-state index is 13.7. The van der Waals surface area contributed by atoms with Gasteiger partial charge in [0.15, 0.2) is 0 Å². The van der Waals surface area contributed by atoms with E-state index in [1.807, 2.05) is 57.2 Å². The molecule has 0 aliphatic carbocycles. The van der Waals surface area contributed by atoms with E-state index in [0.29, 0.717) is 36.6 Å². The molecule has 2 atom stereocenters. The summed E-state index contributed by atoms with van der Waals surface area (Å²) in [5, 5.41) is 3.65. The van der Waals surface area contributed by atoms with E-state index in [9.17, 15) is 14.4 Å². The van der Waals surface area contributed by atoms with Gasteiger partial charge in [-0.2, -0.15) is 0 Å². The Morgan fingerprint density at radius 1 is 1.18 bits per heavy atom. The van der Waals surface area contributed by atoms with Gasteiger partial charge in [-0.25, -0.2) is 0 Å². The van der Waals surface area contributed by atoms with Gasteiger partial charge >= 0.3 is 0 Å². The number of fused-ring (bicyclic) bond motifs is 1. The fourth-order valence-corrected chi connectivity index (χ4v) is 5.14. The van der Waals surface area contributed by atoms with Crippen LogP contribution in [0, 0.1) is 12.8 Å². The summed E-state index contributed by atoms with van der Waals surface area (Å²) in [6.07, 6.45) is 1.39. The van der Waals surface area contributed by atoms with Crippen molar-refractivity contribution in [3.05, 3.63) is 69.7 Å². The van der Waals surface area contributed by atoms with Crippen LogP contribution < -0.4 is 5.32 Å². The van der Waals surface area contributed by atoms with E-state index in [0.717, 1.165) is 23.1 Å². The zero-order valence-corrected chi connectivity index (χ0v) is 20.1. The predicted octanol–water partition coefficient (Wildman–Crippen LogP) is 3.94. The first kappa shape index (κ1) is 23.3. The molecule has 4 rings (SSSR count). The predicted molar refractivity (Wildman–Crippen MR) is 128 cm³/mol. The van der Waals surface area contributed by atoms with Crippen molar-refractivity contribution < 1.29 is 14.4 Å². The monoisotopic (exact) mass is 467 g/mol. The fourth-order valence-electron chi connectivity index (χ4n) is 4.91. The highest BCUT2D eigenvalue weighted by atomic mass is 35.5. The number of rotatable bonds is 6. The van der Waals surface area contributed by atoms with Gasteiger partial charge in [-0.1, -0.05) is 49.7 Å². The summed E-state index contributed by atoms with van der Waals surface area (Å²) in [6, 6.07) is 11.9. The average molecular weight is 468 g/mol. The molecular formula is C26H30ClN3O3. The van der Waals surface area contributed by atoms with E-state index in [1.54, 1.807) is 15.9 Å². The van der Waals surface area contributed by atoms with Gasteiger partial charge < -0.3 is 15.1 Å². The van der Waals surface area contributed by atoms with Crippen LogP contribution in [0.15, 0.2) is 42.5 Å². The highest BCUT2D eigenvalue weighted by Gasteiger charge is 2.43. The van der Waals surface area contributed by atoms with Crippen LogP contribution in [0.5, 0.6) is 0 Å². The first-order valence-corrected chi connectivity index (χ1v) is 11.9. The van der Waals surface area contributed by atoms with Crippen molar-refractivity contribution in [3.8, 4) is 0 Å². The molecular weight excluding hydrogens is 438 g/mol. The second kappa shape index (κ2) is 9.56. The number of carbonyl (C=O) groups excluding carboxylic acids is 3.